The zero-order valence-electron chi connectivity index (χ0n) is 10.6. The molecular weight excluding hydrogens is 292 g/mol. The molecule has 0 spiro atoms. The third-order valence-corrected chi connectivity index (χ3v) is 7.05. The number of hydrogen-bond donors (Lipinski definition) is 0. The van der Waals surface area contributed by atoms with Crippen molar-refractivity contribution in [2.24, 2.45) is 0 Å². The van der Waals surface area contributed by atoms with Crippen LogP contribution in [0.1, 0.15) is 25.7 Å². The fourth-order valence-electron chi connectivity index (χ4n) is 2.53. The smallest absolute Gasteiger partial charge is 0.195 e. The molecule has 0 bridgehead atoms. The van der Waals surface area contributed by atoms with Crippen LogP contribution in [0.2, 0.25) is 0 Å². The number of halogens is 1. The van der Waals surface area contributed by atoms with Crippen LogP contribution in [0.3, 0.4) is 0 Å². The number of alkyl halides is 1. The number of rotatable bonds is 3. The van der Waals surface area contributed by atoms with E-state index in [4.69, 9.17) is 11.6 Å². The van der Waals surface area contributed by atoms with E-state index in [0.29, 0.717) is 25.5 Å². The van der Waals surface area contributed by atoms with Crippen LogP contribution in [-0.4, -0.2) is 60.1 Å². The Morgan fingerprint density at radius 1 is 1.11 bits per heavy atom. The van der Waals surface area contributed by atoms with Gasteiger partial charge in [0.25, 0.3) is 10.2 Å². The summed E-state index contributed by atoms with van der Waals surface area (Å²) in [4.78, 5) is 0. The second-order valence-corrected chi connectivity index (χ2v) is 8.20. The second kappa shape index (κ2) is 6.79. The van der Waals surface area contributed by atoms with Crippen molar-refractivity contribution in [2.45, 2.75) is 31.7 Å². The van der Waals surface area contributed by atoms with Crippen molar-refractivity contribution in [3.05, 3.63) is 0 Å². The summed E-state index contributed by atoms with van der Waals surface area (Å²) in [6.07, 6.45) is 3.88. The quantitative estimate of drug-likeness (QED) is 0.746. The van der Waals surface area contributed by atoms with Gasteiger partial charge < -0.3 is 0 Å². The molecule has 4 nitrogen and oxygen atoms in total. The Morgan fingerprint density at radius 2 is 1.94 bits per heavy atom. The molecule has 0 aromatic rings. The molecule has 2 aliphatic heterocycles. The van der Waals surface area contributed by atoms with Crippen LogP contribution < -0.4 is 0 Å². The zero-order chi connectivity index (χ0) is 13.0. The fourth-order valence-corrected chi connectivity index (χ4v) is 5.83. The highest BCUT2D eigenvalue weighted by Crippen LogP contribution is 2.25. The summed E-state index contributed by atoms with van der Waals surface area (Å²) in [6.45, 7) is 1.92. The van der Waals surface area contributed by atoms with Crippen LogP contribution in [0.15, 0.2) is 0 Å². The number of piperidine rings is 1. The van der Waals surface area contributed by atoms with E-state index in [2.05, 4.69) is 0 Å². The van der Waals surface area contributed by atoms with Crippen molar-refractivity contribution < 1.29 is 8.42 Å². The van der Waals surface area contributed by atoms with E-state index >= 15 is 0 Å². The first kappa shape index (κ1) is 14.9. The number of thioether (sulfide) groups is 1. The van der Waals surface area contributed by atoms with Crippen LogP contribution >= 0.6 is 23.4 Å². The SMILES string of the molecule is O=S(=O)(N1CCCSCC1)N1CCCCC1CCl. The molecular formula is C11H21ClN2O2S2. The molecule has 0 aliphatic carbocycles. The van der Waals surface area contributed by atoms with Gasteiger partial charge in [0.05, 0.1) is 0 Å². The van der Waals surface area contributed by atoms with Gasteiger partial charge in [0.15, 0.2) is 0 Å². The van der Waals surface area contributed by atoms with Crippen molar-refractivity contribution in [1.82, 2.24) is 8.61 Å². The van der Waals surface area contributed by atoms with Crippen LogP contribution in [0.25, 0.3) is 0 Å². The molecule has 106 valence electrons. The number of nitrogens with zero attached hydrogens (tertiary/aromatic N) is 2. The first-order chi connectivity index (χ1) is 8.66. The second-order valence-electron chi connectivity index (χ2n) is 4.79. The largest absolute Gasteiger partial charge is 0.282 e. The average molecular weight is 313 g/mol. The van der Waals surface area contributed by atoms with E-state index < -0.39 is 10.2 Å². The van der Waals surface area contributed by atoms with Crippen molar-refractivity contribution in [1.29, 1.82) is 0 Å². The lowest BCUT2D eigenvalue weighted by atomic mass is 10.1. The average Bonchev–Trinajstić information content (AvgIpc) is 2.68. The van der Waals surface area contributed by atoms with Crippen molar-refractivity contribution in [2.75, 3.05) is 37.0 Å². The molecule has 2 heterocycles. The molecule has 0 aromatic carbocycles. The summed E-state index contributed by atoms with van der Waals surface area (Å²) in [5.74, 6) is 2.37. The van der Waals surface area contributed by atoms with E-state index in [1.807, 2.05) is 11.8 Å². The molecule has 0 aromatic heterocycles. The summed E-state index contributed by atoms with van der Waals surface area (Å²) in [6, 6.07) is -0.0127. The summed E-state index contributed by atoms with van der Waals surface area (Å²) in [5.41, 5.74) is 0. The zero-order valence-corrected chi connectivity index (χ0v) is 12.9. The van der Waals surface area contributed by atoms with Crippen LogP contribution in [0.4, 0.5) is 0 Å². The minimum Gasteiger partial charge on any atom is -0.195 e. The van der Waals surface area contributed by atoms with Gasteiger partial charge in [-0.15, -0.1) is 11.6 Å². The van der Waals surface area contributed by atoms with Gasteiger partial charge in [-0.25, -0.2) is 0 Å². The van der Waals surface area contributed by atoms with E-state index in [-0.39, 0.29) is 6.04 Å². The molecule has 2 rings (SSSR count). The molecule has 2 aliphatic rings. The summed E-state index contributed by atoms with van der Waals surface area (Å²) in [7, 11) is -3.30. The van der Waals surface area contributed by atoms with E-state index in [1.165, 1.54) is 0 Å². The number of hydrogen-bond acceptors (Lipinski definition) is 3. The normalized spacial score (nSPS) is 29.1. The Kier molecular flexibility index (Phi) is 5.63. The Bertz CT molecular complexity index is 356. The maximum absolute atomic E-state index is 12.6. The van der Waals surface area contributed by atoms with Gasteiger partial charge in [0, 0.05) is 37.3 Å². The topological polar surface area (TPSA) is 40.6 Å². The van der Waals surface area contributed by atoms with Gasteiger partial charge in [-0.05, 0) is 25.0 Å². The predicted molar refractivity (Wildman–Crippen MR) is 77.5 cm³/mol. The minimum atomic E-state index is -3.30. The Balaban J connectivity index is 2.12. The van der Waals surface area contributed by atoms with Gasteiger partial charge in [-0.3, -0.25) is 0 Å². The third kappa shape index (κ3) is 3.33. The molecule has 1 unspecified atom stereocenters. The standard InChI is InChI=1S/C11H21ClN2O2S2/c12-10-11-4-1-2-6-14(11)18(15,16)13-5-3-8-17-9-7-13/h11H,1-10H2. The molecule has 0 saturated carbocycles. The summed E-state index contributed by atoms with van der Waals surface area (Å²) >= 11 is 7.76. The molecule has 18 heavy (non-hydrogen) atoms. The van der Waals surface area contributed by atoms with Crippen LogP contribution in [0, 0.1) is 0 Å². The highest BCUT2D eigenvalue weighted by atomic mass is 35.5. The van der Waals surface area contributed by atoms with Crippen LogP contribution in [0.5, 0.6) is 0 Å². The third-order valence-electron chi connectivity index (χ3n) is 3.56. The van der Waals surface area contributed by atoms with Gasteiger partial charge in [-0.1, -0.05) is 6.42 Å². The summed E-state index contributed by atoms with van der Waals surface area (Å²) < 4.78 is 28.6. The van der Waals surface area contributed by atoms with Gasteiger partial charge in [-0.2, -0.15) is 28.8 Å². The van der Waals surface area contributed by atoms with Gasteiger partial charge in [0.1, 0.15) is 0 Å². The highest BCUT2D eigenvalue weighted by Gasteiger charge is 2.36. The first-order valence-corrected chi connectivity index (χ1v) is 9.65. The molecule has 0 radical (unpaired) electrons. The van der Waals surface area contributed by atoms with Gasteiger partial charge in [0.2, 0.25) is 0 Å². The van der Waals surface area contributed by atoms with E-state index in [1.54, 1.807) is 8.61 Å². The molecule has 0 amide bonds. The van der Waals surface area contributed by atoms with E-state index in [0.717, 1.165) is 37.2 Å². The molecule has 2 fully saturated rings. The summed E-state index contributed by atoms with van der Waals surface area (Å²) in [5, 5.41) is 0. The minimum absolute atomic E-state index is 0.0127. The maximum Gasteiger partial charge on any atom is 0.282 e. The Morgan fingerprint density at radius 3 is 2.72 bits per heavy atom. The lowest BCUT2D eigenvalue weighted by Gasteiger charge is -2.36. The lowest BCUT2D eigenvalue weighted by Crippen LogP contribution is -2.51. The van der Waals surface area contributed by atoms with Gasteiger partial charge >= 0.3 is 0 Å². The first-order valence-electron chi connectivity index (χ1n) is 6.57. The molecule has 1 atom stereocenters. The van der Waals surface area contributed by atoms with Crippen molar-refractivity contribution in [3.8, 4) is 0 Å². The van der Waals surface area contributed by atoms with Crippen molar-refractivity contribution in [3.63, 3.8) is 0 Å². The monoisotopic (exact) mass is 312 g/mol. The molecule has 2 saturated heterocycles. The maximum atomic E-state index is 12.6. The van der Waals surface area contributed by atoms with E-state index in [9.17, 15) is 8.42 Å². The molecule has 7 heteroatoms. The highest BCUT2D eigenvalue weighted by molar-refractivity contribution is 7.99. The van der Waals surface area contributed by atoms with Crippen LogP contribution in [-0.2, 0) is 10.2 Å². The molecule has 0 N–H and O–H groups in total. The Labute approximate surface area is 119 Å². The predicted octanol–water partition coefficient (Wildman–Crippen LogP) is 1.76. The van der Waals surface area contributed by atoms with Crippen molar-refractivity contribution >= 4 is 33.6 Å². The lowest BCUT2D eigenvalue weighted by molar-refractivity contribution is 0.248. The Hall–Kier alpha value is 0.510. The fraction of sp³-hybridized carbons (Fsp3) is 1.00.